The summed E-state index contributed by atoms with van der Waals surface area (Å²) < 4.78 is 28.7. The second kappa shape index (κ2) is 5.81. The SMILES string of the molecule is Cc1n[nH]c(C)c1S(=O)(=O)N1CC(n2cc(N3CCN(C)C3=O)cn2)C1. The number of urea groups is 1. The largest absolute Gasteiger partial charge is 0.326 e. The predicted octanol–water partition coefficient (Wildman–Crippen LogP) is 0.340. The number of hydrogen-bond acceptors (Lipinski definition) is 5. The van der Waals surface area contributed by atoms with Crippen LogP contribution in [0.5, 0.6) is 0 Å². The summed E-state index contributed by atoms with van der Waals surface area (Å²) in [5.41, 5.74) is 1.76. The number of likely N-dealkylation sites (N-methyl/N-ethyl adjacent to an activating group) is 1. The number of rotatable bonds is 4. The summed E-state index contributed by atoms with van der Waals surface area (Å²) in [6.45, 7) is 5.39. The summed E-state index contributed by atoms with van der Waals surface area (Å²) in [4.78, 5) is 15.7. The van der Waals surface area contributed by atoms with Crippen LogP contribution in [0.4, 0.5) is 10.5 Å². The lowest BCUT2D eigenvalue weighted by Crippen LogP contribution is -2.50. The van der Waals surface area contributed by atoms with Gasteiger partial charge in [0, 0.05) is 39.4 Å². The van der Waals surface area contributed by atoms with E-state index >= 15 is 0 Å². The van der Waals surface area contributed by atoms with Crippen molar-refractivity contribution in [1.29, 1.82) is 0 Å². The maximum Gasteiger partial charge on any atom is 0.324 e. The van der Waals surface area contributed by atoms with Crippen molar-refractivity contribution in [3.63, 3.8) is 0 Å². The zero-order valence-electron chi connectivity index (χ0n) is 14.9. The number of amides is 2. The van der Waals surface area contributed by atoms with Gasteiger partial charge in [0.05, 0.1) is 29.3 Å². The topological polar surface area (TPSA) is 107 Å². The lowest BCUT2D eigenvalue weighted by Gasteiger charge is -2.37. The minimum absolute atomic E-state index is 0.0403. The van der Waals surface area contributed by atoms with Crippen LogP contribution in [0, 0.1) is 13.8 Å². The van der Waals surface area contributed by atoms with Crippen LogP contribution in [0.25, 0.3) is 0 Å². The fourth-order valence-electron chi connectivity index (χ4n) is 3.38. The Morgan fingerprint density at radius 1 is 1.23 bits per heavy atom. The van der Waals surface area contributed by atoms with Crippen LogP contribution < -0.4 is 4.90 Å². The molecule has 2 saturated heterocycles. The molecule has 0 bridgehead atoms. The molecule has 26 heavy (non-hydrogen) atoms. The number of nitrogens with zero attached hydrogens (tertiary/aromatic N) is 6. The molecule has 10 nitrogen and oxygen atoms in total. The smallest absolute Gasteiger partial charge is 0.324 e. The van der Waals surface area contributed by atoms with Crippen LogP contribution in [0.2, 0.25) is 0 Å². The number of aryl methyl sites for hydroxylation is 2. The molecular formula is C15H21N7O3S. The van der Waals surface area contributed by atoms with Gasteiger partial charge in [-0.3, -0.25) is 14.7 Å². The number of aromatic amines is 1. The Kier molecular flexibility index (Phi) is 3.81. The van der Waals surface area contributed by atoms with Crippen molar-refractivity contribution in [2.45, 2.75) is 24.8 Å². The molecule has 2 amide bonds. The summed E-state index contributed by atoms with van der Waals surface area (Å²) in [6, 6.07) is -0.0882. The Balaban J connectivity index is 1.47. The molecule has 0 spiro atoms. The molecule has 4 rings (SSSR count). The standard InChI is InChI=1S/C15H21N7O3S/c1-10-14(11(2)18-17-10)26(24,25)20-7-13(8-20)22-9-12(6-16-22)21-5-4-19(3)15(21)23/h6,9,13H,4-5,7-8H2,1-3H3,(H,17,18). The van der Waals surface area contributed by atoms with Crippen molar-refractivity contribution < 1.29 is 13.2 Å². The van der Waals surface area contributed by atoms with Crippen LogP contribution in [0.3, 0.4) is 0 Å². The van der Waals surface area contributed by atoms with Crippen LogP contribution in [-0.4, -0.2) is 76.9 Å². The Bertz CT molecular complexity index is 938. The van der Waals surface area contributed by atoms with Crippen molar-refractivity contribution >= 4 is 21.7 Å². The Morgan fingerprint density at radius 3 is 2.54 bits per heavy atom. The second-order valence-corrected chi connectivity index (χ2v) is 8.65. The molecule has 2 aliphatic heterocycles. The molecule has 0 aliphatic carbocycles. The third kappa shape index (κ3) is 2.50. The van der Waals surface area contributed by atoms with Crippen molar-refractivity contribution in [3.8, 4) is 0 Å². The number of carbonyl (C=O) groups excluding carboxylic acids is 1. The van der Waals surface area contributed by atoms with E-state index in [-0.39, 0.29) is 17.0 Å². The van der Waals surface area contributed by atoms with Gasteiger partial charge in [-0.15, -0.1) is 0 Å². The quantitative estimate of drug-likeness (QED) is 0.824. The molecule has 2 aromatic heterocycles. The fourth-order valence-corrected chi connectivity index (χ4v) is 5.23. The van der Waals surface area contributed by atoms with E-state index in [0.717, 1.165) is 5.69 Å². The first kappa shape index (κ1) is 17.0. The minimum atomic E-state index is -3.56. The average Bonchev–Trinajstić information content (AvgIpc) is 3.20. The second-order valence-electron chi connectivity index (χ2n) is 6.77. The molecule has 0 aromatic carbocycles. The summed E-state index contributed by atoms with van der Waals surface area (Å²) >= 11 is 0. The predicted molar refractivity (Wildman–Crippen MR) is 93.5 cm³/mol. The van der Waals surface area contributed by atoms with E-state index in [0.29, 0.717) is 37.6 Å². The van der Waals surface area contributed by atoms with Crippen molar-refractivity contribution in [2.24, 2.45) is 0 Å². The van der Waals surface area contributed by atoms with Crippen molar-refractivity contribution in [2.75, 3.05) is 38.1 Å². The lowest BCUT2D eigenvalue weighted by molar-refractivity contribution is 0.191. The van der Waals surface area contributed by atoms with E-state index in [1.807, 2.05) is 0 Å². The number of aromatic nitrogens is 4. The maximum absolute atomic E-state index is 12.8. The van der Waals surface area contributed by atoms with Crippen molar-refractivity contribution in [1.82, 2.24) is 29.2 Å². The van der Waals surface area contributed by atoms with Gasteiger partial charge in [-0.1, -0.05) is 0 Å². The third-order valence-corrected chi connectivity index (χ3v) is 7.07. The molecule has 11 heteroatoms. The number of sulfonamides is 1. The number of H-pyrrole nitrogens is 1. The summed E-state index contributed by atoms with van der Waals surface area (Å²) in [5, 5.41) is 11.0. The highest BCUT2D eigenvalue weighted by Gasteiger charge is 2.40. The van der Waals surface area contributed by atoms with Gasteiger partial charge in [-0.2, -0.15) is 14.5 Å². The third-order valence-electron chi connectivity index (χ3n) is 4.98. The monoisotopic (exact) mass is 379 g/mol. The van der Waals surface area contributed by atoms with Crippen LogP contribution in [0.1, 0.15) is 17.4 Å². The molecule has 1 N–H and O–H groups in total. The zero-order chi connectivity index (χ0) is 18.6. The Labute approximate surface area is 151 Å². The molecule has 4 heterocycles. The lowest BCUT2D eigenvalue weighted by atomic mass is 10.2. The molecule has 140 valence electrons. The highest BCUT2D eigenvalue weighted by atomic mass is 32.2. The normalized spacial score (nSPS) is 19.4. The number of anilines is 1. The molecule has 0 saturated carbocycles. The maximum atomic E-state index is 12.8. The molecule has 0 radical (unpaired) electrons. The highest BCUT2D eigenvalue weighted by Crippen LogP contribution is 2.31. The number of nitrogens with one attached hydrogen (secondary N) is 1. The van der Waals surface area contributed by atoms with E-state index in [2.05, 4.69) is 15.3 Å². The molecule has 0 atom stereocenters. The Morgan fingerprint density at radius 2 is 1.96 bits per heavy atom. The highest BCUT2D eigenvalue weighted by molar-refractivity contribution is 7.89. The van der Waals surface area contributed by atoms with Gasteiger partial charge >= 0.3 is 6.03 Å². The summed E-state index contributed by atoms with van der Waals surface area (Å²) in [6.07, 6.45) is 3.46. The summed E-state index contributed by atoms with van der Waals surface area (Å²) in [5.74, 6) is 0. The number of carbonyl (C=O) groups is 1. The van der Waals surface area contributed by atoms with Crippen LogP contribution in [-0.2, 0) is 10.0 Å². The van der Waals surface area contributed by atoms with Crippen LogP contribution >= 0.6 is 0 Å². The van der Waals surface area contributed by atoms with Gasteiger partial charge in [-0.05, 0) is 13.8 Å². The van der Waals surface area contributed by atoms with Crippen molar-refractivity contribution in [3.05, 3.63) is 23.8 Å². The molecular weight excluding hydrogens is 358 g/mol. The first-order chi connectivity index (χ1) is 12.3. The number of hydrogen-bond donors (Lipinski definition) is 1. The molecule has 2 aliphatic rings. The van der Waals surface area contributed by atoms with Gasteiger partial charge in [-0.25, -0.2) is 13.2 Å². The van der Waals surface area contributed by atoms with Gasteiger partial charge in [0.15, 0.2) is 0 Å². The van der Waals surface area contributed by atoms with E-state index in [9.17, 15) is 13.2 Å². The fraction of sp³-hybridized carbons (Fsp3) is 0.533. The van der Waals surface area contributed by atoms with E-state index in [1.165, 1.54) is 4.31 Å². The van der Waals surface area contributed by atoms with Gasteiger partial charge in [0.2, 0.25) is 10.0 Å². The van der Waals surface area contributed by atoms with E-state index < -0.39 is 10.0 Å². The van der Waals surface area contributed by atoms with E-state index in [1.54, 1.807) is 47.8 Å². The zero-order valence-corrected chi connectivity index (χ0v) is 15.7. The van der Waals surface area contributed by atoms with Crippen LogP contribution in [0.15, 0.2) is 17.3 Å². The molecule has 0 unspecified atom stereocenters. The van der Waals surface area contributed by atoms with Gasteiger partial charge in [0.25, 0.3) is 0 Å². The van der Waals surface area contributed by atoms with Gasteiger partial charge < -0.3 is 4.90 Å². The first-order valence-corrected chi connectivity index (χ1v) is 9.81. The summed E-state index contributed by atoms with van der Waals surface area (Å²) in [7, 11) is -1.79. The molecule has 2 fully saturated rings. The molecule has 2 aromatic rings. The average molecular weight is 379 g/mol. The van der Waals surface area contributed by atoms with E-state index in [4.69, 9.17) is 0 Å². The minimum Gasteiger partial charge on any atom is -0.326 e. The first-order valence-electron chi connectivity index (χ1n) is 8.37. The van der Waals surface area contributed by atoms with Gasteiger partial charge in [0.1, 0.15) is 4.90 Å². The Hall–Kier alpha value is -2.40.